The van der Waals surface area contributed by atoms with Gasteiger partial charge in [0, 0.05) is 5.38 Å². The van der Waals surface area contributed by atoms with Crippen LogP contribution in [0.2, 0.25) is 0 Å². The van der Waals surface area contributed by atoms with E-state index in [4.69, 9.17) is 5.84 Å². The molecule has 0 unspecified atom stereocenters. The monoisotopic (exact) mass is 284 g/mol. The second kappa shape index (κ2) is 5.36. The Morgan fingerprint density at radius 1 is 1.56 bits per heavy atom. The summed E-state index contributed by atoms with van der Waals surface area (Å²) in [4.78, 5) is 15.8. The van der Waals surface area contributed by atoms with Crippen LogP contribution in [0.15, 0.2) is 10.5 Å². The number of nitrogens with zero attached hydrogens (tertiary/aromatic N) is 4. The minimum absolute atomic E-state index is 0.144. The van der Waals surface area contributed by atoms with Crippen molar-refractivity contribution in [1.29, 1.82) is 0 Å². The number of nitrogens with one attached hydrogen (secondary N) is 1. The normalized spacial score (nSPS) is 10.6. The van der Waals surface area contributed by atoms with Crippen LogP contribution in [0.1, 0.15) is 11.5 Å². The Bertz CT molecular complexity index is 563. The molecule has 2 aromatic heterocycles. The lowest BCUT2D eigenvalue weighted by Gasteiger charge is -2.01. The van der Waals surface area contributed by atoms with Crippen molar-refractivity contribution < 1.29 is 4.79 Å². The zero-order chi connectivity index (χ0) is 13.1. The predicted octanol–water partition coefficient (Wildman–Crippen LogP) is 0.796. The molecular formula is C9H12N6OS2. The van der Waals surface area contributed by atoms with Gasteiger partial charge in [-0.1, -0.05) is 11.8 Å². The maximum absolute atomic E-state index is 11.6. The Morgan fingerprint density at radius 3 is 2.89 bits per heavy atom. The molecule has 0 aliphatic rings. The third kappa shape index (κ3) is 2.99. The van der Waals surface area contributed by atoms with Crippen LogP contribution in [0.25, 0.3) is 0 Å². The first-order chi connectivity index (χ1) is 8.56. The van der Waals surface area contributed by atoms with Crippen LogP contribution in [0.3, 0.4) is 0 Å². The highest BCUT2D eigenvalue weighted by Crippen LogP contribution is 2.17. The van der Waals surface area contributed by atoms with E-state index in [0.717, 1.165) is 5.69 Å². The van der Waals surface area contributed by atoms with E-state index in [1.165, 1.54) is 27.8 Å². The van der Waals surface area contributed by atoms with Gasteiger partial charge in [0.25, 0.3) is 0 Å². The fourth-order valence-corrected chi connectivity index (χ4v) is 2.55. The number of anilines is 1. The number of thioether (sulfide) groups is 1. The summed E-state index contributed by atoms with van der Waals surface area (Å²) in [6, 6.07) is 0. The number of aryl methyl sites for hydroxylation is 2. The molecule has 2 rings (SSSR count). The lowest BCUT2D eigenvalue weighted by atomic mass is 10.6. The zero-order valence-corrected chi connectivity index (χ0v) is 11.5. The van der Waals surface area contributed by atoms with Gasteiger partial charge >= 0.3 is 0 Å². The molecule has 0 radical (unpaired) electrons. The van der Waals surface area contributed by atoms with Gasteiger partial charge in [-0.15, -0.1) is 21.5 Å². The van der Waals surface area contributed by atoms with Crippen molar-refractivity contribution in [2.24, 2.45) is 0 Å². The minimum atomic E-state index is -0.144. The van der Waals surface area contributed by atoms with E-state index in [0.29, 0.717) is 16.1 Å². The summed E-state index contributed by atoms with van der Waals surface area (Å²) in [5.74, 6) is 6.35. The minimum Gasteiger partial charge on any atom is -0.336 e. The molecule has 0 saturated heterocycles. The molecule has 0 fully saturated rings. The molecule has 3 N–H and O–H groups in total. The molecule has 2 aromatic rings. The molecule has 0 aliphatic heterocycles. The molecule has 0 bridgehead atoms. The van der Waals surface area contributed by atoms with Crippen LogP contribution < -0.4 is 11.2 Å². The summed E-state index contributed by atoms with van der Waals surface area (Å²) in [7, 11) is 0. The van der Waals surface area contributed by atoms with Crippen molar-refractivity contribution in [1.82, 2.24) is 19.9 Å². The van der Waals surface area contributed by atoms with Gasteiger partial charge < -0.3 is 11.2 Å². The summed E-state index contributed by atoms with van der Waals surface area (Å²) in [5.41, 5.74) is 0.889. The van der Waals surface area contributed by atoms with Gasteiger partial charge in [0.1, 0.15) is 5.82 Å². The average Bonchev–Trinajstić information content (AvgIpc) is 2.86. The van der Waals surface area contributed by atoms with Crippen LogP contribution >= 0.6 is 23.1 Å². The van der Waals surface area contributed by atoms with Gasteiger partial charge in [0.2, 0.25) is 11.1 Å². The molecular weight excluding hydrogens is 272 g/mol. The topological polar surface area (TPSA) is 98.7 Å². The quantitative estimate of drug-likeness (QED) is 0.636. The van der Waals surface area contributed by atoms with E-state index < -0.39 is 0 Å². The smallest absolute Gasteiger partial charge is 0.236 e. The van der Waals surface area contributed by atoms with E-state index in [1.54, 1.807) is 6.92 Å². The van der Waals surface area contributed by atoms with E-state index in [1.807, 2.05) is 12.3 Å². The third-order valence-corrected chi connectivity index (χ3v) is 3.85. The predicted molar refractivity (Wildman–Crippen MR) is 71.1 cm³/mol. The van der Waals surface area contributed by atoms with E-state index >= 15 is 0 Å². The van der Waals surface area contributed by atoms with E-state index in [-0.39, 0.29) is 11.7 Å². The fourth-order valence-electron chi connectivity index (χ4n) is 1.15. The largest absolute Gasteiger partial charge is 0.336 e. The third-order valence-electron chi connectivity index (χ3n) is 2.03. The Morgan fingerprint density at radius 2 is 2.33 bits per heavy atom. The number of amides is 1. The van der Waals surface area contributed by atoms with Crippen molar-refractivity contribution in [3.63, 3.8) is 0 Å². The van der Waals surface area contributed by atoms with Crippen molar-refractivity contribution in [2.45, 2.75) is 19.0 Å². The number of carbonyl (C=O) groups excluding carboxylic acids is 1. The van der Waals surface area contributed by atoms with E-state index in [9.17, 15) is 4.79 Å². The summed E-state index contributed by atoms with van der Waals surface area (Å²) in [5, 5.41) is 13.4. The van der Waals surface area contributed by atoms with Crippen LogP contribution in [-0.4, -0.2) is 31.5 Å². The molecule has 96 valence electrons. The van der Waals surface area contributed by atoms with Gasteiger partial charge in [0.05, 0.1) is 11.4 Å². The Hall–Kier alpha value is -1.61. The van der Waals surface area contributed by atoms with Crippen LogP contribution in [0.5, 0.6) is 0 Å². The Kier molecular flexibility index (Phi) is 3.82. The molecule has 7 nitrogen and oxygen atoms in total. The maximum atomic E-state index is 11.6. The molecule has 0 aromatic carbocycles. The first-order valence-corrected chi connectivity index (χ1v) is 6.94. The zero-order valence-electron chi connectivity index (χ0n) is 9.88. The molecule has 9 heteroatoms. The number of hydrogen-bond donors (Lipinski definition) is 2. The van der Waals surface area contributed by atoms with Crippen molar-refractivity contribution in [3.8, 4) is 0 Å². The number of carbonyl (C=O) groups is 1. The van der Waals surface area contributed by atoms with E-state index in [2.05, 4.69) is 20.5 Å². The second-order valence-electron chi connectivity index (χ2n) is 3.53. The maximum Gasteiger partial charge on any atom is 0.236 e. The van der Waals surface area contributed by atoms with Gasteiger partial charge in [0.15, 0.2) is 5.13 Å². The van der Waals surface area contributed by atoms with Crippen LogP contribution in [0, 0.1) is 13.8 Å². The number of nitrogens with two attached hydrogens (primary N) is 1. The highest BCUT2D eigenvalue weighted by molar-refractivity contribution is 7.99. The van der Waals surface area contributed by atoms with Gasteiger partial charge in [-0.05, 0) is 13.8 Å². The second-order valence-corrected chi connectivity index (χ2v) is 5.33. The van der Waals surface area contributed by atoms with Gasteiger partial charge in [-0.2, -0.15) is 0 Å². The number of thiazole rings is 1. The van der Waals surface area contributed by atoms with Crippen LogP contribution in [-0.2, 0) is 4.79 Å². The molecule has 0 atom stereocenters. The highest BCUT2D eigenvalue weighted by Gasteiger charge is 2.10. The first kappa shape index (κ1) is 12.8. The molecule has 1 amide bonds. The SMILES string of the molecule is Cc1csc(NC(=O)CSc2nnc(C)n2N)n1. The van der Waals surface area contributed by atoms with Gasteiger partial charge in [-0.25, -0.2) is 9.66 Å². The van der Waals surface area contributed by atoms with Gasteiger partial charge in [-0.3, -0.25) is 4.79 Å². The van der Waals surface area contributed by atoms with Crippen molar-refractivity contribution >= 4 is 34.1 Å². The lowest BCUT2D eigenvalue weighted by molar-refractivity contribution is -0.113. The average molecular weight is 284 g/mol. The molecule has 0 spiro atoms. The lowest BCUT2D eigenvalue weighted by Crippen LogP contribution is -2.16. The standard InChI is InChI=1S/C9H12N6OS2/c1-5-3-17-8(11-5)12-7(16)4-18-9-14-13-6(2)15(9)10/h3H,4,10H2,1-2H3,(H,11,12,16). The first-order valence-electron chi connectivity index (χ1n) is 5.08. The molecule has 18 heavy (non-hydrogen) atoms. The number of nitrogen functional groups attached to an aromatic ring is 1. The highest BCUT2D eigenvalue weighted by atomic mass is 32.2. The molecule has 0 aliphatic carbocycles. The van der Waals surface area contributed by atoms with Crippen molar-refractivity contribution in [2.75, 3.05) is 16.9 Å². The van der Waals surface area contributed by atoms with Crippen LogP contribution in [0.4, 0.5) is 5.13 Å². The number of hydrogen-bond acceptors (Lipinski definition) is 7. The number of rotatable bonds is 4. The van der Waals surface area contributed by atoms with Crippen molar-refractivity contribution in [3.05, 3.63) is 16.9 Å². The summed E-state index contributed by atoms with van der Waals surface area (Å²) < 4.78 is 1.35. The number of aromatic nitrogens is 4. The summed E-state index contributed by atoms with van der Waals surface area (Å²) in [6.07, 6.45) is 0. The molecule has 2 heterocycles. The Labute approximate surface area is 112 Å². The Balaban J connectivity index is 1.87. The molecule has 0 saturated carbocycles. The summed E-state index contributed by atoms with van der Waals surface area (Å²) >= 11 is 2.63. The summed E-state index contributed by atoms with van der Waals surface area (Å²) in [6.45, 7) is 3.62. The fraction of sp³-hybridized carbons (Fsp3) is 0.333.